The Morgan fingerprint density at radius 2 is 1.84 bits per heavy atom. The molecule has 1 saturated carbocycles. The molecule has 2 rings (SSSR count). The molecule has 0 aliphatic heterocycles. The fourth-order valence-electron chi connectivity index (χ4n) is 3.44. The van der Waals surface area contributed by atoms with Gasteiger partial charge in [-0.1, -0.05) is 18.9 Å². The molecular formula is C15H23F3O. The molecule has 0 heterocycles. The van der Waals surface area contributed by atoms with Crippen LogP contribution in [-0.2, 0) is 0 Å². The number of aliphatic hydroxyl groups is 1. The van der Waals surface area contributed by atoms with Crippen LogP contribution in [0.15, 0.2) is 11.6 Å². The van der Waals surface area contributed by atoms with Gasteiger partial charge in [-0.05, 0) is 56.9 Å². The largest absolute Gasteiger partial charge is 0.391 e. The van der Waals surface area contributed by atoms with Gasteiger partial charge in [0.1, 0.15) is 0 Å². The molecule has 19 heavy (non-hydrogen) atoms. The van der Waals surface area contributed by atoms with Crippen LogP contribution in [0.4, 0.5) is 13.2 Å². The van der Waals surface area contributed by atoms with E-state index >= 15 is 0 Å². The third-order valence-corrected chi connectivity index (χ3v) is 4.58. The van der Waals surface area contributed by atoms with Gasteiger partial charge in [0.25, 0.3) is 0 Å². The Morgan fingerprint density at radius 3 is 2.58 bits per heavy atom. The Bertz CT molecular complexity index is 335. The van der Waals surface area contributed by atoms with Crippen molar-refractivity contribution in [2.75, 3.05) is 0 Å². The van der Waals surface area contributed by atoms with Crippen molar-refractivity contribution in [2.24, 2.45) is 5.92 Å². The standard InChI is InChI=1S/C15H23F3O/c16-15(17,18)13-9-6-10-14(19,11-13)12-7-4-2-1-3-5-8-12/h7,13,19H,1-6,8-11H2. The molecule has 0 radical (unpaired) electrons. The first-order chi connectivity index (χ1) is 8.92. The van der Waals surface area contributed by atoms with Crippen molar-refractivity contribution >= 4 is 0 Å². The Hall–Kier alpha value is -0.510. The maximum Gasteiger partial charge on any atom is 0.391 e. The molecule has 2 atom stereocenters. The Balaban J connectivity index is 2.11. The van der Waals surface area contributed by atoms with Gasteiger partial charge in [-0.2, -0.15) is 13.2 Å². The van der Waals surface area contributed by atoms with E-state index in [4.69, 9.17) is 0 Å². The molecule has 110 valence electrons. The molecule has 0 amide bonds. The smallest absolute Gasteiger partial charge is 0.386 e. The van der Waals surface area contributed by atoms with Gasteiger partial charge in [0.2, 0.25) is 0 Å². The van der Waals surface area contributed by atoms with Crippen LogP contribution in [0.2, 0.25) is 0 Å². The molecule has 2 aliphatic rings. The van der Waals surface area contributed by atoms with Crippen LogP contribution in [0, 0.1) is 5.92 Å². The summed E-state index contributed by atoms with van der Waals surface area (Å²) >= 11 is 0. The third-order valence-electron chi connectivity index (χ3n) is 4.58. The van der Waals surface area contributed by atoms with Gasteiger partial charge in [0.05, 0.1) is 11.5 Å². The zero-order valence-corrected chi connectivity index (χ0v) is 11.3. The van der Waals surface area contributed by atoms with Crippen molar-refractivity contribution in [1.82, 2.24) is 0 Å². The second kappa shape index (κ2) is 5.86. The van der Waals surface area contributed by atoms with Crippen LogP contribution in [0.5, 0.6) is 0 Å². The number of halogens is 3. The van der Waals surface area contributed by atoms with Crippen LogP contribution in [0.1, 0.15) is 64.2 Å². The van der Waals surface area contributed by atoms with E-state index in [1.807, 2.05) is 6.08 Å². The maximum atomic E-state index is 12.9. The van der Waals surface area contributed by atoms with Crippen molar-refractivity contribution in [3.63, 3.8) is 0 Å². The quantitative estimate of drug-likeness (QED) is 0.685. The number of allylic oxidation sites excluding steroid dienone is 1. The monoisotopic (exact) mass is 276 g/mol. The summed E-state index contributed by atoms with van der Waals surface area (Å²) in [5.74, 6) is -1.34. The lowest BCUT2D eigenvalue weighted by atomic mass is 9.72. The predicted octanol–water partition coefficient (Wildman–Crippen LogP) is 4.75. The first-order valence-electron chi connectivity index (χ1n) is 7.40. The van der Waals surface area contributed by atoms with Gasteiger partial charge in [0, 0.05) is 0 Å². The van der Waals surface area contributed by atoms with Crippen LogP contribution in [-0.4, -0.2) is 16.9 Å². The summed E-state index contributed by atoms with van der Waals surface area (Å²) < 4.78 is 38.6. The van der Waals surface area contributed by atoms with Crippen LogP contribution in [0.3, 0.4) is 0 Å². The average Bonchev–Trinajstić information content (AvgIpc) is 2.26. The molecule has 0 spiro atoms. The molecule has 0 saturated heterocycles. The van der Waals surface area contributed by atoms with E-state index in [0.717, 1.165) is 37.7 Å². The summed E-state index contributed by atoms with van der Waals surface area (Å²) in [6.45, 7) is 0. The fourth-order valence-corrected chi connectivity index (χ4v) is 3.44. The van der Waals surface area contributed by atoms with Crippen molar-refractivity contribution in [3.05, 3.63) is 11.6 Å². The van der Waals surface area contributed by atoms with Crippen molar-refractivity contribution in [1.29, 1.82) is 0 Å². The van der Waals surface area contributed by atoms with Crippen molar-refractivity contribution in [3.8, 4) is 0 Å². The zero-order valence-electron chi connectivity index (χ0n) is 11.3. The summed E-state index contributed by atoms with van der Waals surface area (Å²) in [6, 6.07) is 0. The van der Waals surface area contributed by atoms with E-state index in [1.165, 1.54) is 6.42 Å². The lowest BCUT2D eigenvalue weighted by Crippen LogP contribution is -2.41. The minimum absolute atomic E-state index is 0.137. The highest BCUT2D eigenvalue weighted by Crippen LogP contribution is 2.45. The van der Waals surface area contributed by atoms with Crippen molar-refractivity contribution < 1.29 is 18.3 Å². The van der Waals surface area contributed by atoms with Gasteiger partial charge in [-0.15, -0.1) is 0 Å². The normalized spacial score (nSPS) is 34.3. The van der Waals surface area contributed by atoms with Crippen LogP contribution < -0.4 is 0 Å². The highest BCUT2D eigenvalue weighted by atomic mass is 19.4. The van der Waals surface area contributed by atoms with E-state index in [0.29, 0.717) is 12.8 Å². The molecule has 0 bridgehead atoms. The fraction of sp³-hybridized carbons (Fsp3) is 0.867. The van der Waals surface area contributed by atoms with Gasteiger partial charge in [-0.25, -0.2) is 0 Å². The Morgan fingerprint density at radius 1 is 1.11 bits per heavy atom. The molecule has 2 aliphatic carbocycles. The highest BCUT2D eigenvalue weighted by Gasteiger charge is 2.47. The number of hydrogen-bond donors (Lipinski definition) is 1. The molecular weight excluding hydrogens is 253 g/mol. The summed E-state index contributed by atoms with van der Waals surface area (Å²) in [5, 5.41) is 10.7. The number of rotatable bonds is 1. The topological polar surface area (TPSA) is 20.2 Å². The second-order valence-corrected chi connectivity index (χ2v) is 6.05. The number of alkyl halides is 3. The second-order valence-electron chi connectivity index (χ2n) is 6.05. The van der Waals surface area contributed by atoms with E-state index in [2.05, 4.69) is 0 Å². The highest BCUT2D eigenvalue weighted by molar-refractivity contribution is 5.19. The third kappa shape index (κ3) is 3.74. The molecule has 0 aromatic carbocycles. The van der Waals surface area contributed by atoms with Gasteiger partial charge < -0.3 is 5.11 Å². The Kier molecular flexibility index (Phi) is 4.59. The van der Waals surface area contributed by atoms with Gasteiger partial charge in [0.15, 0.2) is 0 Å². The summed E-state index contributed by atoms with van der Waals surface area (Å²) in [5.41, 5.74) is -0.323. The average molecular weight is 276 g/mol. The lowest BCUT2D eigenvalue weighted by molar-refractivity contribution is -0.196. The van der Waals surface area contributed by atoms with Crippen LogP contribution >= 0.6 is 0 Å². The molecule has 0 aromatic heterocycles. The number of hydrogen-bond acceptors (Lipinski definition) is 1. The molecule has 2 unspecified atom stereocenters. The lowest BCUT2D eigenvalue weighted by Gasteiger charge is -2.40. The van der Waals surface area contributed by atoms with E-state index in [-0.39, 0.29) is 12.8 Å². The van der Waals surface area contributed by atoms with Crippen LogP contribution in [0.25, 0.3) is 0 Å². The van der Waals surface area contributed by atoms with E-state index in [1.54, 1.807) is 0 Å². The van der Waals surface area contributed by atoms with Gasteiger partial charge >= 0.3 is 6.18 Å². The molecule has 1 fully saturated rings. The minimum atomic E-state index is -4.17. The first-order valence-corrected chi connectivity index (χ1v) is 7.40. The van der Waals surface area contributed by atoms with Gasteiger partial charge in [-0.3, -0.25) is 0 Å². The SMILES string of the molecule is OC1(C2=CCCCCCC2)CCCC(C(F)(F)F)C1. The van der Waals surface area contributed by atoms with Crippen molar-refractivity contribution in [2.45, 2.75) is 76.0 Å². The summed E-state index contributed by atoms with van der Waals surface area (Å²) in [4.78, 5) is 0. The summed E-state index contributed by atoms with van der Waals surface area (Å²) in [6.07, 6.45) is 4.88. The zero-order chi connectivity index (χ0) is 13.9. The molecule has 4 heteroatoms. The first kappa shape index (κ1) is 14.9. The molecule has 0 aromatic rings. The van der Waals surface area contributed by atoms with E-state index < -0.39 is 17.7 Å². The molecule has 1 nitrogen and oxygen atoms in total. The Labute approximate surface area is 112 Å². The molecule has 1 N–H and O–H groups in total. The minimum Gasteiger partial charge on any atom is -0.386 e. The summed E-state index contributed by atoms with van der Waals surface area (Å²) in [7, 11) is 0. The van der Waals surface area contributed by atoms with E-state index in [9.17, 15) is 18.3 Å². The predicted molar refractivity (Wildman–Crippen MR) is 68.7 cm³/mol. The maximum absolute atomic E-state index is 12.9.